The fourth-order valence-corrected chi connectivity index (χ4v) is 6.43. The monoisotopic (exact) mass is 582 g/mol. The molecule has 216 valence electrons. The van der Waals surface area contributed by atoms with Gasteiger partial charge in [-0.2, -0.15) is 0 Å². The molecule has 0 bridgehead atoms. The molecule has 0 spiro atoms. The molecule has 2 heterocycles. The molecule has 5 rings (SSSR count). The Morgan fingerprint density at radius 2 is 1.62 bits per heavy atom. The van der Waals surface area contributed by atoms with E-state index in [0.29, 0.717) is 28.9 Å². The van der Waals surface area contributed by atoms with E-state index in [-0.39, 0.29) is 29.1 Å². The van der Waals surface area contributed by atoms with Gasteiger partial charge in [0.05, 0.1) is 24.6 Å². The van der Waals surface area contributed by atoms with Crippen LogP contribution in [0, 0.1) is 11.2 Å². The number of carbonyl (C=O) groups is 1. The molecule has 0 amide bonds. The number of aromatic nitrogens is 1. The number of ether oxygens (including phenoxy) is 1. The van der Waals surface area contributed by atoms with Crippen LogP contribution in [0.2, 0.25) is 0 Å². The van der Waals surface area contributed by atoms with E-state index in [9.17, 15) is 14.0 Å². The predicted octanol–water partition coefficient (Wildman–Crippen LogP) is 7.79. The summed E-state index contributed by atoms with van der Waals surface area (Å²) in [7, 11) is 3.65. The van der Waals surface area contributed by atoms with Crippen molar-refractivity contribution in [2.24, 2.45) is 5.41 Å². The number of pyridine rings is 1. The van der Waals surface area contributed by atoms with E-state index < -0.39 is 5.41 Å². The van der Waals surface area contributed by atoms with Gasteiger partial charge in [-0.05, 0) is 54.1 Å². The van der Waals surface area contributed by atoms with Crippen molar-refractivity contribution in [3.8, 4) is 16.2 Å². The van der Waals surface area contributed by atoms with Crippen LogP contribution in [0.3, 0.4) is 0 Å². The van der Waals surface area contributed by atoms with E-state index in [4.69, 9.17) is 4.74 Å². The van der Waals surface area contributed by atoms with E-state index in [0.717, 1.165) is 27.3 Å². The Morgan fingerprint density at radius 1 is 0.952 bits per heavy atom. The van der Waals surface area contributed by atoms with Crippen molar-refractivity contribution in [3.05, 3.63) is 123 Å². The van der Waals surface area contributed by atoms with Gasteiger partial charge in [-0.15, -0.1) is 11.3 Å². The van der Waals surface area contributed by atoms with Crippen molar-refractivity contribution >= 4 is 27.3 Å². The summed E-state index contributed by atoms with van der Waals surface area (Å²) in [5.41, 5.74) is 2.52. The molecular formula is C35H35FN2O3S. The lowest BCUT2D eigenvalue weighted by Gasteiger charge is -2.20. The molecule has 0 atom stereocenters. The number of fused-ring (bicyclic) bond motifs is 1. The lowest BCUT2D eigenvalue weighted by atomic mass is 9.86. The number of benzene rings is 3. The third-order valence-corrected chi connectivity index (χ3v) is 8.62. The molecular weight excluding hydrogens is 547 g/mol. The van der Waals surface area contributed by atoms with Gasteiger partial charge in [-0.1, -0.05) is 69.3 Å². The highest BCUT2D eigenvalue weighted by atomic mass is 32.1. The highest BCUT2D eigenvalue weighted by Crippen LogP contribution is 2.39. The number of hydrogen-bond acceptors (Lipinski definition) is 5. The Morgan fingerprint density at radius 3 is 2.26 bits per heavy atom. The van der Waals surface area contributed by atoms with Crippen molar-refractivity contribution < 1.29 is 13.9 Å². The van der Waals surface area contributed by atoms with E-state index >= 15 is 0 Å². The second-order valence-corrected chi connectivity index (χ2v) is 12.6. The van der Waals surface area contributed by atoms with Crippen LogP contribution in [0.5, 0.6) is 5.75 Å². The summed E-state index contributed by atoms with van der Waals surface area (Å²) in [4.78, 5) is 31.7. The molecule has 5 nitrogen and oxygen atoms in total. The first-order valence-corrected chi connectivity index (χ1v) is 14.7. The molecule has 0 aliphatic rings. The van der Waals surface area contributed by atoms with E-state index in [1.54, 1.807) is 31.5 Å². The molecule has 0 N–H and O–H groups in total. The highest BCUT2D eigenvalue weighted by molar-refractivity contribution is 7.22. The summed E-state index contributed by atoms with van der Waals surface area (Å²) in [6, 6.07) is 24.5. The van der Waals surface area contributed by atoms with Crippen molar-refractivity contribution in [2.75, 3.05) is 14.2 Å². The quantitative estimate of drug-likeness (QED) is 0.167. The van der Waals surface area contributed by atoms with Gasteiger partial charge in [0, 0.05) is 35.1 Å². The molecule has 2 aromatic heterocycles. The van der Waals surface area contributed by atoms with Crippen LogP contribution in [-0.2, 0) is 19.6 Å². The van der Waals surface area contributed by atoms with Gasteiger partial charge in [0.1, 0.15) is 16.4 Å². The molecule has 7 heteroatoms. The summed E-state index contributed by atoms with van der Waals surface area (Å²) in [6.07, 6.45) is 1.62. The maximum atomic E-state index is 14.8. The average Bonchev–Trinajstić information content (AvgIpc) is 3.34. The Balaban J connectivity index is 1.76. The lowest BCUT2D eigenvalue weighted by molar-refractivity contribution is 0.0856. The van der Waals surface area contributed by atoms with Crippen LogP contribution in [0.25, 0.3) is 20.7 Å². The minimum Gasteiger partial charge on any atom is -0.497 e. The van der Waals surface area contributed by atoms with Gasteiger partial charge in [0.2, 0.25) is 5.43 Å². The Bertz CT molecular complexity index is 1780. The van der Waals surface area contributed by atoms with Crippen LogP contribution in [0.4, 0.5) is 4.39 Å². The molecule has 0 radical (unpaired) electrons. The molecule has 0 fully saturated rings. The third-order valence-electron chi connectivity index (χ3n) is 7.31. The first-order valence-electron chi connectivity index (χ1n) is 13.9. The largest absolute Gasteiger partial charge is 0.497 e. The summed E-state index contributed by atoms with van der Waals surface area (Å²) < 4.78 is 22.1. The fourth-order valence-electron chi connectivity index (χ4n) is 5.14. The Kier molecular flexibility index (Phi) is 8.43. The zero-order valence-electron chi connectivity index (χ0n) is 24.6. The number of nitrogens with zero attached hydrogens (tertiary/aromatic N) is 2. The van der Waals surface area contributed by atoms with Crippen molar-refractivity contribution in [1.29, 1.82) is 0 Å². The number of halogens is 1. The van der Waals surface area contributed by atoms with Crippen LogP contribution in [-0.4, -0.2) is 29.4 Å². The number of carbonyl (C=O) groups excluding carboxylic acids is 1. The number of thiophene rings is 1. The van der Waals surface area contributed by atoms with Gasteiger partial charge in [-0.25, -0.2) is 4.39 Å². The Labute approximate surface area is 249 Å². The second-order valence-electron chi connectivity index (χ2n) is 11.6. The van der Waals surface area contributed by atoms with Crippen molar-refractivity contribution in [1.82, 2.24) is 9.47 Å². The summed E-state index contributed by atoms with van der Waals surface area (Å²) in [5.74, 6) is 0.167. The van der Waals surface area contributed by atoms with Gasteiger partial charge in [0.25, 0.3) is 0 Å². The number of hydrogen-bond donors (Lipinski definition) is 0. The van der Waals surface area contributed by atoms with E-state index in [1.165, 1.54) is 17.4 Å². The first-order chi connectivity index (χ1) is 20.1. The molecule has 0 aliphatic heterocycles. The molecule has 0 aliphatic carbocycles. The normalized spacial score (nSPS) is 11.8. The molecule has 0 unspecified atom stereocenters. The number of methoxy groups -OCH3 is 1. The smallest absolute Gasteiger partial charge is 0.201 e. The maximum Gasteiger partial charge on any atom is 0.201 e. The van der Waals surface area contributed by atoms with Crippen LogP contribution in [0.15, 0.2) is 89.9 Å². The lowest BCUT2D eigenvalue weighted by Crippen LogP contribution is -2.28. The third kappa shape index (κ3) is 6.08. The number of rotatable bonds is 9. The molecule has 0 saturated heterocycles. The fraction of sp³-hybridized carbons (Fsp3) is 0.257. The topological polar surface area (TPSA) is 51.5 Å². The average molecular weight is 583 g/mol. The standard InChI is InChI=1S/C35H35FN2O3S/c1-35(2,3)33(40)28-22-38(20-25-13-9-10-14-29(25)36)34-30(31(28)39)27(21-37(4)19-23-11-7-6-8-12-23)32(42-34)24-15-17-26(41-5)18-16-24/h6-18,22H,19-21H2,1-5H3. The van der Waals surface area contributed by atoms with Gasteiger partial charge < -0.3 is 9.30 Å². The maximum absolute atomic E-state index is 14.8. The van der Waals surface area contributed by atoms with Crippen LogP contribution < -0.4 is 10.2 Å². The zero-order valence-corrected chi connectivity index (χ0v) is 25.4. The number of ketones is 1. The number of Topliss-reactive ketones (excluding diaryl/α,β-unsaturated/α-hetero) is 1. The Hall–Kier alpha value is -4.07. The van der Waals surface area contributed by atoms with Gasteiger partial charge in [-0.3, -0.25) is 14.5 Å². The molecule has 5 aromatic rings. The van der Waals surface area contributed by atoms with Gasteiger partial charge >= 0.3 is 0 Å². The summed E-state index contributed by atoms with van der Waals surface area (Å²) >= 11 is 1.49. The van der Waals surface area contributed by atoms with Crippen LogP contribution >= 0.6 is 11.3 Å². The first kappa shape index (κ1) is 29.4. The van der Waals surface area contributed by atoms with Crippen LogP contribution in [0.1, 0.15) is 47.8 Å². The molecule has 42 heavy (non-hydrogen) atoms. The minimum atomic E-state index is -0.762. The van der Waals surface area contributed by atoms with E-state index in [2.05, 4.69) is 17.0 Å². The SMILES string of the molecule is COc1ccc(-c2sc3c(c2CN(C)Cc2ccccc2)c(=O)c(C(=O)C(C)(C)C)cn3Cc2ccccc2F)cc1. The molecule has 0 saturated carbocycles. The molecule has 3 aromatic carbocycles. The second kappa shape index (κ2) is 12.0. The summed E-state index contributed by atoms with van der Waals surface area (Å²) in [6.45, 7) is 6.79. The summed E-state index contributed by atoms with van der Waals surface area (Å²) in [5, 5.41) is 0.511. The van der Waals surface area contributed by atoms with Crippen molar-refractivity contribution in [3.63, 3.8) is 0 Å². The van der Waals surface area contributed by atoms with Gasteiger partial charge in [0.15, 0.2) is 5.78 Å². The minimum absolute atomic E-state index is 0.123. The highest BCUT2D eigenvalue weighted by Gasteiger charge is 2.29. The zero-order chi connectivity index (χ0) is 30.0. The van der Waals surface area contributed by atoms with Crippen molar-refractivity contribution in [2.45, 2.75) is 40.4 Å². The predicted molar refractivity (Wildman–Crippen MR) is 169 cm³/mol. The van der Waals surface area contributed by atoms with E-state index in [1.807, 2.05) is 74.9 Å².